The molecule has 1 heterocycles. The van der Waals surface area contributed by atoms with Crippen LogP contribution in [0.4, 0.5) is 5.69 Å². The van der Waals surface area contributed by atoms with Gasteiger partial charge >= 0.3 is 0 Å². The molecule has 1 fully saturated rings. The van der Waals surface area contributed by atoms with Gasteiger partial charge in [-0.1, -0.05) is 18.2 Å². The van der Waals surface area contributed by atoms with E-state index in [1.807, 2.05) is 11.0 Å². The van der Waals surface area contributed by atoms with Crippen LogP contribution >= 0.6 is 24.8 Å². The molecule has 124 valence electrons. The number of carbonyl (C=O) groups is 1. The lowest BCUT2D eigenvalue weighted by Crippen LogP contribution is -2.40. The van der Waals surface area contributed by atoms with E-state index >= 15 is 0 Å². The zero-order valence-corrected chi connectivity index (χ0v) is 14.6. The number of carbonyl (C=O) groups excluding carboxylic acids is 1. The smallest absolute Gasteiger partial charge is 0.236 e. The molecule has 2 aliphatic rings. The summed E-state index contributed by atoms with van der Waals surface area (Å²) in [6, 6.07) is 8.36. The molecular formula is C16H25Cl2N3O. The fraction of sp³-hybridized carbons (Fsp3) is 0.562. The van der Waals surface area contributed by atoms with E-state index in [1.165, 1.54) is 24.1 Å². The van der Waals surface area contributed by atoms with E-state index in [0.717, 1.165) is 32.1 Å². The Kier molecular flexibility index (Phi) is 7.46. The van der Waals surface area contributed by atoms with Crippen molar-refractivity contribution in [3.63, 3.8) is 0 Å². The van der Waals surface area contributed by atoms with Crippen LogP contribution in [0.25, 0.3) is 0 Å². The first-order valence-electron chi connectivity index (χ1n) is 7.51. The van der Waals surface area contributed by atoms with Crippen molar-refractivity contribution < 1.29 is 4.79 Å². The molecule has 3 rings (SSSR count). The molecule has 1 aromatic carbocycles. The van der Waals surface area contributed by atoms with Crippen molar-refractivity contribution in [2.45, 2.75) is 19.4 Å². The van der Waals surface area contributed by atoms with Crippen LogP contribution in [0, 0.1) is 5.92 Å². The number of fused-ring (bicyclic) bond motifs is 1. The molecule has 0 bridgehead atoms. The summed E-state index contributed by atoms with van der Waals surface area (Å²) < 4.78 is 0. The molecule has 0 unspecified atom stereocenters. The number of para-hydroxylation sites is 1. The summed E-state index contributed by atoms with van der Waals surface area (Å²) in [6.45, 7) is 3.89. The standard InChI is InChI=1S/C16H23N3O.2ClH/c1-18-8-9-19(12-14-4-2-3-5-15(14)18)16(20)11-17-10-13-6-7-13;;/h2-5,13,17H,6-12H2,1H3;2*1H. The minimum absolute atomic E-state index is 0. The Labute approximate surface area is 145 Å². The third-order valence-electron chi connectivity index (χ3n) is 4.23. The van der Waals surface area contributed by atoms with Crippen LogP contribution in [0.5, 0.6) is 0 Å². The molecular weight excluding hydrogens is 321 g/mol. The molecule has 1 aliphatic heterocycles. The van der Waals surface area contributed by atoms with E-state index in [-0.39, 0.29) is 30.7 Å². The van der Waals surface area contributed by atoms with Crippen molar-refractivity contribution in [2.75, 3.05) is 38.1 Å². The maximum atomic E-state index is 12.3. The van der Waals surface area contributed by atoms with Gasteiger partial charge < -0.3 is 15.1 Å². The van der Waals surface area contributed by atoms with Gasteiger partial charge in [0.25, 0.3) is 0 Å². The Morgan fingerprint density at radius 1 is 1.23 bits per heavy atom. The normalized spacial score (nSPS) is 17.0. The first-order valence-corrected chi connectivity index (χ1v) is 7.51. The fourth-order valence-corrected chi connectivity index (χ4v) is 2.72. The van der Waals surface area contributed by atoms with Gasteiger partial charge in [0.2, 0.25) is 5.91 Å². The first-order chi connectivity index (χ1) is 9.74. The summed E-state index contributed by atoms with van der Waals surface area (Å²) in [7, 11) is 2.10. The zero-order valence-electron chi connectivity index (χ0n) is 13.0. The lowest BCUT2D eigenvalue weighted by Gasteiger charge is -2.21. The average Bonchev–Trinajstić information content (AvgIpc) is 3.27. The summed E-state index contributed by atoms with van der Waals surface area (Å²) >= 11 is 0. The van der Waals surface area contributed by atoms with E-state index in [0.29, 0.717) is 6.54 Å². The highest BCUT2D eigenvalue weighted by Crippen LogP contribution is 2.27. The van der Waals surface area contributed by atoms with E-state index in [9.17, 15) is 4.79 Å². The van der Waals surface area contributed by atoms with Gasteiger partial charge in [-0.15, -0.1) is 24.8 Å². The first kappa shape index (κ1) is 19.1. The molecule has 1 saturated carbocycles. The van der Waals surface area contributed by atoms with Crippen LogP contribution in [-0.2, 0) is 11.3 Å². The van der Waals surface area contributed by atoms with Crippen LogP contribution < -0.4 is 10.2 Å². The van der Waals surface area contributed by atoms with Gasteiger partial charge in [0, 0.05) is 32.4 Å². The largest absolute Gasteiger partial charge is 0.373 e. The fourth-order valence-electron chi connectivity index (χ4n) is 2.72. The van der Waals surface area contributed by atoms with E-state index in [2.05, 4.69) is 35.5 Å². The molecule has 1 N–H and O–H groups in total. The van der Waals surface area contributed by atoms with Crippen molar-refractivity contribution in [2.24, 2.45) is 5.92 Å². The van der Waals surface area contributed by atoms with E-state index in [4.69, 9.17) is 0 Å². The van der Waals surface area contributed by atoms with Crippen molar-refractivity contribution >= 4 is 36.4 Å². The predicted molar refractivity (Wildman–Crippen MR) is 95.2 cm³/mol. The number of benzene rings is 1. The lowest BCUT2D eigenvalue weighted by molar-refractivity contribution is -0.130. The monoisotopic (exact) mass is 345 g/mol. The number of anilines is 1. The van der Waals surface area contributed by atoms with Gasteiger partial charge in [-0.2, -0.15) is 0 Å². The predicted octanol–water partition coefficient (Wildman–Crippen LogP) is 2.31. The molecule has 0 saturated heterocycles. The Bertz CT molecular complexity index is 494. The lowest BCUT2D eigenvalue weighted by atomic mass is 10.1. The van der Waals surface area contributed by atoms with Crippen LogP contribution in [0.2, 0.25) is 0 Å². The molecule has 0 aromatic heterocycles. The molecule has 0 radical (unpaired) electrons. The van der Waals surface area contributed by atoms with Crippen molar-refractivity contribution in [1.82, 2.24) is 10.2 Å². The second-order valence-corrected chi connectivity index (χ2v) is 5.94. The highest BCUT2D eigenvalue weighted by molar-refractivity contribution is 5.85. The molecule has 0 atom stereocenters. The number of hydrogen-bond acceptors (Lipinski definition) is 3. The average molecular weight is 346 g/mol. The number of nitrogens with zero attached hydrogens (tertiary/aromatic N) is 2. The zero-order chi connectivity index (χ0) is 13.9. The second kappa shape index (κ2) is 8.61. The quantitative estimate of drug-likeness (QED) is 0.909. The number of rotatable bonds is 4. The molecule has 22 heavy (non-hydrogen) atoms. The molecule has 6 heteroatoms. The van der Waals surface area contributed by atoms with Gasteiger partial charge in [0.05, 0.1) is 6.54 Å². The Morgan fingerprint density at radius 3 is 2.68 bits per heavy atom. The Balaban J connectivity index is 0.00000121. The summed E-state index contributed by atoms with van der Waals surface area (Å²) in [5.74, 6) is 1.04. The van der Waals surface area contributed by atoms with Crippen molar-refractivity contribution in [3.05, 3.63) is 29.8 Å². The number of nitrogens with one attached hydrogen (secondary N) is 1. The van der Waals surface area contributed by atoms with Gasteiger partial charge in [-0.05, 0) is 36.9 Å². The van der Waals surface area contributed by atoms with Gasteiger partial charge in [0.15, 0.2) is 0 Å². The van der Waals surface area contributed by atoms with E-state index < -0.39 is 0 Å². The molecule has 1 amide bonds. The topological polar surface area (TPSA) is 35.6 Å². The highest BCUT2D eigenvalue weighted by Gasteiger charge is 2.23. The third kappa shape index (κ3) is 4.77. The maximum absolute atomic E-state index is 12.3. The molecule has 1 aromatic rings. The van der Waals surface area contributed by atoms with Gasteiger partial charge in [-0.25, -0.2) is 0 Å². The minimum Gasteiger partial charge on any atom is -0.373 e. The minimum atomic E-state index is 0. The summed E-state index contributed by atoms with van der Waals surface area (Å²) in [4.78, 5) is 16.5. The maximum Gasteiger partial charge on any atom is 0.236 e. The van der Waals surface area contributed by atoms with E-state index in [1.54, 1.807) is 0 Å². The number of amides is 1. The van der Waals surface area contributed by atoms with Crippen molar-refractivity contribution in [3.8, 4) is 0 Å². The summed E-state index contributed by atoms with van der Waals surface area (Å²) in [5, 5.41) is 3.30. The Hall–Kier alpha value is -0.970. The highest BCUT2D eigenvalue weighted by atomic mass is 35.5. The SMILES string of the molecule is CN1CCN(C(=O)CNCC2CC2)Cc2ccccc21.Cl.Cl. The number of halogens is 2. The van der Waals surface area contributed by atoms with Crippen LogP contribution in [0.15, 0.2) is 24.3 Å². The van der Waals surface area contributed by atoms with Crippen molar-refractivity contribution in [1.29, 1.82) is 0 Å². The Morgan fingerprint density at radius 2 is 1.95 bits per heavy atom. The second-order valence-electron chi connectivity index (χ2n) is 5.94. The summed E-state index contributed by atoms with van der Waals surface area (Å²) in [6.07, 6.45) is 2.64. The molecule has 4 nitrogen and oxygen atoms in total. The number of hydrogen-bond donors (Lipinski definition) is 1. The third-order valence-corrected chi connectivity index (χ3v) is 4.23. The number of likely N-dealkylation sites (N-methyl/N-ethyl adjacent to an activating group) is 1. The van der Waals surface area contributed by atoms with Crippen LogP contribution in [0.3, 0.4) is 0 Å². The van der Waals surface area contributed by atoms with Crippen LogP contribution in [-0.4, -0.2) is 44.0 Å². The summed E-state index contributed by atoms with van der Waals surface area (Å²) in [5.41, 5.74) is 2.48. The molecule has 0 spiro atoms. The van der Waals surface area contributed by atoms with Crippen LogP contribution in [0.1, 0.15) is 18.4 Å². The van der Waals surface area contributed by atoms with Gasteiger partial charge in [-0.3, -0.25) is 4.79 Å². The molecule has 1 aliphatic carbocycles. The van der Waals surface area contributed by atoms with Gasteiger partial charge in [0.1, 0.15) is 0 Å².